The summed E-state index contributed by atoms with van der Waals surface area (Å²) in [7, 11) is 0. The number of aryl methyl sites for hydroxylation is 1. The zero-order valence-electron chi connectivity index (χ0n) is 15.3. The highest BCUT2D eigenvalue weighted by Crippen LogP contribution is 2.39. The van der Waals surface area contributed by atoms with Crippen LogP contribution in [0.2, 0.25) is 0 Å². The normalized spacial score (nSPS) is 27.2. The molecule has 0 unspecified atom stereocenters. The van der Waals surface area contributed by atoms with Gasteiger partial charge in [0.1, 0.15) is 17.8 Å². The molecular formula is C21H23BrN4O. The number of aliphatic hydroxyl groups is 1. The zero-order valence-corrected chi connectivity index (χ0v) is 16.9. The summed E-state index contributed by atoms with van der Waals surface area (Å²) in [5, 5.41) is 14.8. The van der Waals surface area contributed by atoms with E-state index in [0.717, 1.165) is 47.0 Å². The lowest BCUT2D eigenvalue weighted by molar-refractivity contribution is 0.139. The summed E-state index contributed by atoms with van der Waals surface area (Å²) in [6, 6.07) is 9.22. The molecular weight excluding hydrogens is 404 g/mol. The van der Waals surface area contributed by atoms with E-state index in [0.29, 0.717) is 12.0 Å². The summed E-state index contributed by atoms with van der Waals surface area (Å²) in [6.45, 7) is 2.12. The summed E-state index contributed by atoms with van der Waals surface area (Å²) in [5.41, 5.74) is 3.71. The molecule has 0 aliphatic heterocycles. The molecule has 0 amide bonds. The number of nitrogens with one attached hydrogen (secondary N) is 1. The van der Waals surface area contributed by atoms with Gasteiger partial charge in [0.05, 0.1) is 17.5 Å². The van der Waals surface area contributed by atoms with Gasteiger partial charge in [-0.3, -0.25) is 0 Å². The third-order valence-electron chi connectivity index (χ3n) is 6.21. The minimum absolute atomic E-state index is 0.221. The number of fused-ring (bicyclic) bond motifs is 2. The average Bonchev–Trinajstić information content (AvgIpc) is 3.33. The van der Waals surface area contributed by atoms with Crippen LogP contribution >= 0.6 is 15.9 Å². The van der Waals surface area contributed by atoms with Crippen molar-refractivity contribution in [2.24, 2.45) is 5.92 Å². The fraction of sp³-hybridized carbons (Fsp3) is 0.429. The maximum Gasteiger partial charge on any atom is 0.145 e. The van der Waals surface area contributed by atoms with E-state index in [1.54, 1.807) is 6.33 Å². The monoisotopic (exact) mass is 426 g/mol. The van der Waals surface area contributed by atoms with Crippen molar-refractivity contribution in [1.82, 2.24) is 14.5 Å². The van der Waals surface area contributed by atoms with Gasteiger partial charge in [0, 0.05) is 16.7 Å². The molecule has 3 aromatic rings. The lowest BCUT2D eigenvalue weighted by atomic mass is 10.1. The minimum Gasteiger partial charge on any atom is -0.393 e. The van der Waals surface area contributed by atoms with Gasteiger partial charge in [-0.05, 0) is 60.9 Å². The molecule has 6 heteroatoms. The van der Waals surface area contributed by atoms with Crippen molar-refractivity contribution >= 4 is 32.8 Å². The van der Waals surface area contributed by atoms with Crippen LogP contribution < -0.4 is 5.32 Å². The van der Waals surface area contributed by atoms with Crippen molar-refractivity contribution in [3.05, 3.63) is 52.4 Å². The fourth-order valence-electron chi connectivity index (χ4n) is 4.70. The third kappa shape index (κ3) is 2.95. The van der Waals surface area contributed by atoms with Gasteiger partial charge in [0.25, 0.3) is 0 Å². The van der Waals surface area contributed by atoms with E-state index in [1.165, 1.54) is 11.1 Å². The first kappa shape index (κ1) is 17.2. The first-order valence-electron chi connectivity index (χ1n) is 9.64. The van der Waals surface area contributed by atoms with Gasteiger partial charge in [0.2, 0.25) is 0 Å². The molecule has 1 aromatic carbocycles. The summed E-state index contributed by atoms with van der Waals surface area (Å²) in [6.07, 6.45) is 7.46. The van der Waals surface area contributed by atoms with Crippen LogP contribution in [-0.4, -0.2) is 25.7 Å². The molecule has 5 rings (SSSR count). The molecule has 1 fully saturated rings. The average molecular weight is 427 g/mol. The van der Waals surface area contributed by atoms with Gasteiger partial charge in [-0.2, -0.15) is 0 Å². The number of aromatic nitrogens is 3. The number of aliphatic hydroxyl groups excluding tert-OH is 1. The Labute approximate surface area is 167 Å². The van der Waals surface area contributed by atoms with E-state index in [-0.39, 0.29) is 12.1 Å². The quantitative estimate of drug-likeness (QED) is 0.640. The van der Waals surface area contributed by atoms with Crippen molar-refractivity contribution in [3.8, 4) is 0 Å². The molecule has 4 atom stereocenters. The number of anilines is 1. The van der Waals surface area contributed by atoms with Crippen LogP contribution in [0, 0.1) is 5.92 Å². The summed E-state index contributed by atoms with van der Waals surface area (Å²) in [5.74, 6) is 1.23. The SMILES string of the molecule is C[C@H]1C[C@@H](n2ccc3c(N[C@H]4CCc5cc(Br)ccc54)ncnc32)C[C@@H]1O. The summed E-state index contributed by atoms with van der Waals surface area (Å²) < 4.78 is 3.35. The standard InChI is InChI=1S/C21H23BrN4O/c1-12-8-15(10-19(12)27)26-7-6-17-20(23-11-24-21(17)26)25-18-5-2-13-9-14(22)3-4-16(13)18/h3-4,6-7,9,11-12,15,18-19,27H,2,5,8,10H2,1H3,(H,23,24,25)/t12-,15+,18-,19-/m0/s1. The van der Waals surface area contributed by atoms with Crippen molar-refractivity contribution in [2.45, 2.75) is 50.8 Å². The fourth-order valence-corrected chi connectivity index (χ4v) is 5.11. The third-order valence-corrected chi connectivity index (χ3v) is 6.70. The molecule has 0 spiro atoms. The van der Waals surface area contributed by atoms with Gasteiger partial charge in [-0.15, -0.1) is 0 Å². The molecule has 2 aromatic heterocycles. The predicted octanol–water partition coefficient (Wildman–Crippen LogP) is 4.63. The zero-order chi connectivity index (χ0) is 18.5. The van der Waals surface area contributed by atoms with Crippen molar-refractivity contribution in [3.63, 3.8) is 0 Å². The Hall–Kier alpha value is -1.92. The van der Waals surface area contributed by atoms with Crippen LogP contribution in [0.25, 0.3) is 11.0 Å². The lowest BCUT2D eigenvalue weighted by Gasteiger charge is -2.16. The molecule has 0 bridgehead atoms. The molecule has 1 saturated carbocycles. The summed E-state index contributed by atoms with van der Waals surface area (Å²) in [4.78, 5) is 9.09. The van der Waals surface area contributed by atoms with Gasteiger partial charge in [-0.1, -0.05) is 28.9 Å². The van der Waals surface area contributed by atoms with Crippen molar-refractivity contribution in [1.29, 1.82) is 0 Å². The largest absolute Gasteiger partial charge is 0.393 e. The van der Waals surface area contributed by atoms with Crippen LogP contribution in [0.1, 0.15) is 49.4 Å². The molecule has 27 heavy (non-hydrogen) atoms. The summed E-state index contributed by atoms with van der Waals surface area (Å²) >= 11 is 3.57. The molecule has 2 heterocycles. The van der Waals surface area contributed by atoms with Crippen LogP contribution in [0.5, 0.6) is 0 Å². The van der Waals surface area contributed by atoms with E-state index in [9.17, 15) is 5.11 Å². The Balaban J connectivity index is 1.46. The van der Waals surface area contributed by atoms with Crippen LogP contribution in [-0.2, 0) is 6.42 Å². The molecule has 0 radical (unpaired) electrons. The number of rotatable bonds is 3. The van der Waals surface area contributed by atoms with Gasteiger partial charge < -0.3 is 15.0 Å². The van der Waals surface area contributed by atoms with Crippen molar-refractivity contribution < 1.29 is 5.11 Å². The first-order chi connectivity index (χ1) is 13.1. The topological polar surface area (TPSA) is 63.0 Å². The number of hydrogen-bond acceptors (Lipinski definition) is 4. The second-order valence-electron chi connectivity index (χ2n) is 7.93. The van der Waals surface area contributed by atoms with Crippen LogP contribution in [0.4, 0.5) is 5.82 Å². The smallest absolute Gasteiger partial charge is 0.145 e. The molecule has 2 aliphatic rings. The Morgan fingerprint density at radius 1 is 1.22 bits per heavy atom. The molecule has 5 nitrogen and oxygen atoms in total. The minimum atomic E-state index is -0.221. The molecule has 0 saturated heterocycles. The van der Waals surface area contributed by atoms with E-state index >= 15 is 0 Å². The number of halogens is 1. The predicted molar refractivity (Wildman–Crippen MR) is 110 cm³/mol. The highest BCUT2D eigenvalue weighted by Gasteiger charge is 2.32. The van der Waals surface area contributed by atoms with E-state index in [1.807, 2.05) is 0 Å². The van der Waals surface area contributed by atoms with Crippen molar-refractivity contribution in [2.75, 3.05) is 5.32 Å². The number of hydrogen-bond donors (Lipinski definition) is 2. The van der Waals surface area contributed by atoms with E-state index in [2.05, 4.69) is 73.2 Å². The van der Waals surface area contributed by atoms with Gasteiger partial charge in [0.15, 0.2) is 0 Å². The Morgan fingerprint density at radius 3 is 2.93 bits per heavy atom. The maximum absolute atomic E-state index is 10.1. The van der Waals surface area contributed by atoms with E-state index in [4.69, 9.17) is 0 Å². The maximum atomic E-state index is 10.1. The second kappa shape index (κ2) is 6.60. The Morgan fingerprint density at radius 2 is 2.11 bits per heavy atom. The highest BCUT2D eigenvalue weighted by atomic mass is 79.9. The molecule has 2 N–H and O–H groups in total. The van der Waals surface area contributed by atoms with E-state index < -0.39 is 0 Å². The number of benzene rings is 1. The lowest BCUT2D eigenvalue weighted by Crippen LogP contribution is -2.10. The highest BCUT2D eigenvalue weighted by molar-refractivity contribution is 9.10. The Kier molecular flexibility index (Phi) is 4.20. The van der Waals surface area contributed by atoms with Gasteiger partial charge in [-0.25, -0.2) is 9.97 Å². The Bertz CT molecular complexity index is 991. The number of nitrogens with zero attached hydrogens (tertiary/aromatic N) is 3. The molecule has 140 valence electrons. The molecule has 2 aliphatic carbocycles. The second-order valence-corrected chi connectivity index (χ2v) is 8.85. The van der Waals surface area contributed by atoms with Gasteiger partial charge >= 0.3 is 0 Å². The van der Waals surface area contributed by atoms with Crippen LogP contribution in [0.3, 0.4) is 0 Å². The van der Waals surface area contributed by atoms with Crippen LogP contribution in [0.15, 0.2) is 41.3 Å². The first-order valence-corrected chi connectivity index (χ1v) is 10.4.